The van der Waals surface area contributed by atoms with E-state index in [-0.39, 0.29) is 29.9 Å². The second-order valence-corrected chi connectivity index (χ2v) is 7.13. The number of aromatic nitrogens is 1. The molecule has 1 aliphatic rings. The number of aliphatic imine (C=N–C) groups is 1. The summed E-state index contributed by atoms with van der Waals surface area (Å²) in [5, 5.41) is 9.59. The Bertz CT molecular complexity index is 829. The molecular formula is C22H31IN6O. The van der Waals surface area contributed by atoms with E-state index in [0.29, 0.717) is 24.8 Å². The minimum absolute atomic E-state index is 0. The molecule has 7 nitrogen and oxygen atoms in total. The summed E-state index contributed by atoms with van der Waals surface area (Å²) in [6.45, 7) is 7.10. The number of aryl methyl sites for hydroxylation is 1. The molecule has 0 radical (unpaired) electrons. The Balaban J connectivity index is 0.00000320. The van der Waals surface area contributed by atoms with Crippen LogP contribution in [0.2, 0.25) is 0 Å². The van der Waals surface area contributed by atoms with Crippen molar-refractivity contribution >= 4 is 47.3 Å². The summed E-state index contributed by atoms with van der Waals surface area (Å²) in [6.07, 6.45) is 1.37. The largest absolute Gasteiger partial charge is 0.369 e. The van der Waals surface area contributed by atoms with Gasteiger partial charge in [-0.05, 0) is 44.5 Å². The van der Waals surface area contributed by atoms with Gasteiger partial charge in [0.1, 0.15) is 5.82 Å². The van der Waals surface area contributed by atoms with Gasteiger partial charge in [-0.3, -0.25) is 9.79 Å². The van der Waals surface area contributed by atoms with Crippen LogP contribution in [-0.2, 0) is 4.79 Å². The molecule has 3 rings (SSSR count). The van der Waals surface area contributed by atoms with E-state index in [1.807, 2.05) is 32.0 Å². The smallest absolute Gasteiger partial charge is 0.227 e. The maximum absolute atomic E-state index is 12.1. The zero-order valence-corrected chi connectivity index (χ0v) is 19.9. The number of carbonyl (C=O) groups is 1. The van der Waals surface area contributed by atoms with Crippen molar-refractivity contribution in [1.82, 2.24) is 15.6 Å². The van der Waals surface area contributed by atoms with Gasteiger partial charge in [0.15, 0.2) is 5.96 Å². The normalized spacial score (nSPS) is 16.0. The van der Waals surface area contributed by atoms with Gasteiger partial charge in [-0.2, -0.15) is 0 Å². The number of hydrogen-bond acceptors (Lipinski definition) is 4. The van der Waals surface area contributed by atoms with Gasteiger partial charge < -0.3 is 20.9 Å². The highest BCUT2D eigenvalue weighted by Gasteiger charge is 2.23. The fourth-order valence-electron chi connectivity index (χ4n) is 3.35. The van der Waals surface area contributed by atoms with Gasteiger partial charge in [-0.15, -0.1) is 24.0 Å². The molecule has 1 unspecified atom stereocenters. The number of amides is 1. The van der Waals surface area contributed by atoms with E-state index < -0.39 is 0 Å². The molecule has 1 amide bonds. The summed E-state index contributed by atoms with van der Waals surface area (Å²) in [7, 11) is 0. The Morgan fingerprint density at radius 3 is 2.73 bits per heavy atom. The first-order valence-corrected chi connectivity index (χ1v) is 10.2. The van der Waals surface area contributed by atoms with Crippen molar-refractivity contribution in [3.8, 4) is 0 Å². The SMILES string of the molecule is CCNC(=NCCC(=O)Nc1cccc(C)n1)NC1CCN(c2ccccc2)C1.I. The first-order chi connectivity index (χ1) is 14.1. The van der Waals surface area contributed by atoms with Crippen LogP contribution in [0.1, 0.15) is 25.5 Å². The average molecular weight is 522 g/mol. The standard InChI is InChI=1S/C22H30N6O.HI/c1-3-23-22(24-14-12-21(29)27-20-11-7-8-17(2)25-20)26-18-13-15-28(16-18)19-9-5-4-6-10-19;/h4-11,18H,3,12-16H2,1-2H3,(H2,23,24,26)(H,25,27,29);1H. The number of para-hydroxylation sites is 1. The monoisotopic (exact) mass is 522 g/mol. The van der Waals surface area contributed by atoms with Gasteiger partial charge in [0, 0.05) is 43.5 Å². The molecule has 2 aromatic rings. The van der Waals surface area contributed by atoms with Crippen molar-refractivity contribution in [1.29, 1.82) is 0 Å². The number of guanidine groups is 1. The molecule has 30 heavy (non-hydrogen) atoms. The quantitative estimate of drug-likeness (QED) is 0.296. The number of nitrogens with zero attached hydrogens (tertiary/aromatic N) is 3. The number of carbonyl (C=O) groups excluding carboxylic acids is 1. The summed E-state index contributed by atoms with van der Waals surface area (Å²) in [6, 6.07) is 16.4. The fraction of sp³-hybridized carbons (Fsp3) is 0.409. The molecule has 8 heteroatoms. The topological polar surface area (TPSA) is 81.6 Å². The Morgan fingerprint density at radius 1 is 1.20 bits per heavy atom. The van der Waals surface area contributed by atoms with Crippen LogP contribution in [0.15, 0.2) is 53.5 Å². The van der Waals surface area contributed by atoms with Crippen LogP contribution < -0.4 is 20.9 Å². The second kappa shape index (κ2) is 12.4. The predicted octanol–water partition coefficient (Wildman–Crippen LogP) is 3.17. The number of benzene rings is 1. The van der Waals surface area contributed by atoms with Crippen molar-refractivity contribution in [3.05, 3.63) is 54.2 Å². The highest BCUT2D eigenvalue weighted by Crippen LogP contribution is 2.19. The van der Waals surface area contributed by atoms with Crippen molar-refractivity contribution in [3.63, 3.8) is 0 Å². The molecule has 2 heterocycles. The number of pyridine rings is 1. The maximum atomic E-state index is 12.1. The van der Waals surface area contributed by atoms with Crippen LogP contribution in [-0.4, -0.2) is 49.1 Å². The molecule has 162 valence electrons. The molecule has 0 saturated carbocycles. The number of nitrogens with one attached hydrogen (secondary N) is 3. The molecule has 1 saturated heterocycles. The Labute approximate surface area is 195 Å². The lowest BCUT2D eigenvalue weighted by Gasteiger charge is -2.20. The van der Waals surface area contributed by atoms with Gasteiger partial charge in [0.25, 0.3) is 0 Å². The van der Waals surface area contributed by atoms with Crippen molar-refractivity contribution in [2.75, 3.05) is 36.4 Å². The van der Waals surface area contributed by atoms with Crippen molar-refractivity contribution in [2.24, 2.45) is 4.99 Å². The molecule has 1 fully saturated rings. The molecule has 0 bridgehead atoms. The first-order valence-electron chi connectivity index (χ1n) is 10.2. The fourth-order valence-corrected chi connectivity index (χ4v) is 3.35. The summed E-state index contributed by atoms with van der Waals surface area (Å²) in [5.41, 5.74) is 2.13. The van der Waals surface area contributed by atoms with E-state index in [1.165, 1.54) is 5.69 Å². The van der Waals surface area contributed by atoms with Crippen LogP contribution in [0.5, 0.6) is 0 Å². The van der Waals surface area contributed by atoms with Crippen LogP contribution in [0.3, 0.4) is 0 Å². The number of anilines is 2. The van der Waals surface area contributed by atoms with Crippen LogP contribution in [0, 0.1) is 6.92 Å². The number of halogens is 1. The molecule has 1 aromatic heterocycles. The second-order valence-electron chi connectivity index (χ2n) is 7.13. The van der Waals surface area contributed by atoms with Crippen LogP contribution in [0.25, 0.3) is 0 Å². The molecule has 0 spiro atoms. The highest BCUT2D eigenvalue weighted by molar-refractivity contribution is 14.0. The zero-order valence-electron chi connectivity index (χ0n) is 17.6. The van der Waals surface area contributed by atoms with E-state index >= 15 is 0 Å². The minimum Gasteiger partial charge on any atom is -0.369 e. The van der Waals surface area contributed by atoms with Crippen molar-refractivity contribution < 1.29 is 4.79 Å². The van der Waals surface area contributed by atoms with Crippen LogP contribution >= 0.6 is 24.0 Å². The molecular weight excluding hydrogens is 491 g/mol. The molecule has 1 atom stereocenters. The van der Waals surface area contributed by atoms with Gasteiger partial charge in [-0.1, -0.05) is 24.3 Å². The van der Waals surface area contributed by atoms with Crippen LogP contribution in [0.4, 0.5) is 11.5 Å². The Morgan fingerprint density at radius 2 is 2.00 bits per heavy atom. The van der Waals surface area contributed by atoms with Gasteiger partial charge in [0.05, 0.1) is 6.54 Å². The predicted molar refractivity (Wildman–Crippen MR) is 134 cm³/mol. The third-order valence-corrected chi connectivity index (χ3v) is 4.76. The molecule has 1 aliphatic heterocycles. The lowest BCUT2D eigenvalue weighted by atomic mass is 10.3. The Hall–Kier alpha value is -2.36. The lowest BCUT2D eigenvalue weighted by Crippen LogP contribution is -2.44. The highest BCUT2D eigenvalue weighted by atomic mass is 127. The van der Waals surface area contributed by atoms with Gasteiger partial charge in [-0.25, -0.2) is 4.98 Å². The molecule has 0 aliphatic carbocycles. The van der Waals surface area contributed by atoms with E-state index in [9.17, 15) is 4.79 Å². The third kappa shape index (κ3) is 7.47. The van der Waals surface area contributed by atoms with E-state index in [4.69, 9.17) is 0 Å². The van der Waals surface area contributed by atoms with Gasteiger partial charge in [0.2, 0.25) is 5.91 Å². The number of rotatable bonds is 7. The molecule has 1 aromatic carbocycles. The average Bonchev–Trinajstić information content (AvgIpc) is 3.17. The van der Waals surface area contributed by atoms with E-state index in [1.54, 1.807) is 6.07 Å². The third-order valence-electron chi connectivity index (χ3n) is 4.76. The number of hydrogen-bond donors (Lipinski definition) is 3. The molecule has 3 N–H and O–H groups in total. The first kappa shape index (κ1) is 23.9. The summed E-state index contributed by atoms with van der Waals surface area (Å²) in [5.74, 6) is 1.25. The maximum Gasteiger partial charge on any atom is 0.227 e. The summed E-state index contributed by atoms with van der Waals surface area (Å²) in [4.78, 5) is 23.4. The minimum atomic E-state index is -0.0844. The summed E-state index contributed by atoms with van der Waals surface area (Å²) >= 11 is 0. The Kier molecular flexibility index (Phi) is 9.85. The lowest BCUT2D eigenvalue weighted by molar-refractivity contribution is -0.116. The van der Waals surface area contributed by atoms with E-state index in [2.05, 4.69) is 55.1 Å². The van der Waals surface area contributed by atoms with E-state index in [0.717, 1.165) is 37.7 Å². The summed E-state index contributed by atoms with van der Waals surface area (Å²) < 4.78 is 0. The zero-order chi connectivity index (χ0) is 20.5. The van der Waals surface area contributed by atoms with Gasteiger partial charge >= 0.3 is 0 Å². The van der Waals surface area contributed by atoms with Crippen molar-refractivity contribution in [2.45, 2.75) is 32.7 Å².